The molecular formula is C9H13N5OS. The first-order chi connectivity index (χ1) is 7.81. The van der Waals surface area contributed by atoms with E-state index in [-0.39, 0.29) is 0 Å². The lowest BCUT2D eigenvalue weighted by molar-refractivity contribution is 0.684. The van der Waals surface area contributed by atoms with Crippen LogP contribution in [-0.4, -0.2) is 42.2 Å². The third-order valence-electron chi connectivity index (χ3n) is 2.17. The lowest BCUT2D eigenvalue weighted by atomic mass is 10.5. The zero-order valence-corrected chi connectivity index (χ0v) is 9.75. The Morgan fingerprint density at radius 1 is 1.44 bits per heavy atom. The van der Waals surface area contributed by atoms with Gasteiger partial charge >= 0.3 is 0 Å². The molecule has 2 rings (SSSR count). The maximum absolute atomic E-state index is 11.2. The molecule has 2 aromatic rings. The molecule has 2 N–H and O–H groups in total. The number of nitrogens with zero attached hydrogens (tertiary/aromatic N) is 3. The van der Waals surface area contributed by atoms with E-state index in [0.29, 0.717) is 29.5 Å². The molecule has 0 amide bonds. The van der Waals surface area contributed by atoms with Crippen LogP contribution in [0, 0.1) is 0 Å². The predicted octanol–water partition coefficient (Wildman–Crippen LogP) is 0.533. The number of H-pyrrole nitrogens is 1. The molecule has 7 heteroatoms. The zero-order valence-electron chi connectivity index (χ0n) is 8.93. The highest BCUT2D eigenvalue weighted by Gasteiger charge is 2.04. The highest BCUT2D eigenvalue weighted by molar-refractivity contribution is 7.84. The summed E-state index contributed by atoms with van der Waals surface area (Å²) in [6, 6.07) is 0. The molecule has 1 unspecified atom stereocenters. The summed E-state index contributed by atoms with van der Waals surface area (Å²) in [5, 5.41) is 3.12. The summed E-state index contributed by atoms with van der Waals surface area (Å²) in [5.41, 5.74) is 1.42. The summed E-state index contributed by atoms with van der Waals surface area (Å²) < 4.78 is 11.2. The standard InChI is InChI=1S/C9H13N5OS/c1-2-16(15)4-3-10-8-7-9(12-5-11-7)14-6-13-8/h5-6H,2-4H2,1H3,(H2,10,11,12,13,14). The van der Waals surface area contributed by atoms with E-state index in [1.54, 1.807) is 6.33 Å². The van der Waals surface area contributed by atoms with Gasteiger partial charge in [-0.2, -0.15) is 0 Å². The SMILES string of the molecule is CCS(=O)CCNc1ncnc2nc[nH]c12. The van der Waals surface area contributed by atoms with Crippen molar-refractivity contribution in [2.75, 3.05) is 23.4 Å². The molecule has 16 heavy (non-hydrogen) atoms. The van der Waals surface area contributed by atoms with Crippen molar-refractivity contribution in [1.82, 2.24) is 19.9 Å². The van der Waals surface area contributed by atoms with Gasteiger partial charge in [-0.1, -0.05) is 6.92 Å². The van der Waals surface area contributed by atoms with Gasteiger partial charge in [-0.05, 0) is 0 Å². The summed E-state index contributed by atoms with van der Waals surface area (Å²) >= 11 is 0. The van der Waals surface area contributed by atoms with Crippen LogP contribution in [-0.2, 0) is 10.8 Å². The highest BCUT2D eigenvalue weighted by Crippen LogP contribution is 2.13. The predicted molar refractivity (Wildman–Crippen MR) is 63.7 cm³/mol. The van der Waals surface area contributed by atoms with Crippen molar-refractivity contribution in [2.45, 2.75) is 6.92 Å². The fourth-order valence-electron chi connectivity index (χ4n) is 1.33. The minimum absolute atomic E-state index is 0.621. The number of anilines is 1. The second-order valence-corrected chi connectivity index (χ2v) is 5.05. The summed E-state index contributed by atoms with van der Waals surface area (Å²) in [4.78, 5) is 15.1. The van der Waals surface area contributed by atoms with E-state index >= 15 is 0 Å². The molecule has 0 saturated carbocycles. The molecule has 86 valence electrons. The molecule has 1 atom stereocenters. The summed E-state index contributed by atoms with van der Waals surface area (Å²) in [5.74, 6) is 2.01. The van der Waals surface area contributed by atoms with E-state index in [1.165, 1.54) is 6.33 Å². The van der Waals surface area contributed by atoms with Crippen LogP contribution < -0.4 is 5.32 Å². The molecule has 0 aromatic carbocycles. The molecule has 0 aliphatic heterocycles. The molecule has 0 spiro atoms. The maximum atomic E-state index is 11.2. The molecule has 2 aromatic heterocycles. The third kappa shape index (κ3) is 2.35. The first-order valence-corrected chi connectivity index (χ1v) is 6.53. The Kier molecular flexibility index (Phi) is 3.45. The number of rotatable bonds is 5. The smallest absolute Gasteiger partial charge is 0.182 e. The van der Waals surface area contributed by atoms with Crippen molar-refractivity contribution in [3.8, 4) is 0 Å². The lowest BCUT2D eigenvalue weighted by Gasteiger charge is -2.04. The average molecular weight is 239 g/mol. The van der Waals surface area contributed by atoms with Crippen molar-refractivity contribution >= 4 is 27.8 Å². The molecule has 0 aliphatic carbocycles. The fraction of sp³-hybridized carbons (Fsp3) is 0.444. The van der Waals surface area contributed by atoms with Crippen molar-refractivity contribution in [1.29, 1.82) is 0 Å². The number of aromatic amines is 1. The average Bonchev–Trinajstić information content (AvgIpc) is 2.77. The van der Waals surface area contributed by atoms with E-state index in [2.05, 4.69) is 25.3 Å². The zero-order chi connectivity index (χ0) is 11.4. The molecule has 6 nitrogen and oxygen atoms in total. The van der Waals surface area contributed by atoms with Crippen LogP contribution in [0.4, 0.5) is 5.82 Å². The quantitative estimate of drug-likeness (QED) is 0.795. The summed E-state index contributed by atoms with van der Waals surface area (Å²) in [6.45, 7) is 2.54. The molecule has 2 heterocycles. The maximum Gasteiger partial charge on any atom is 0.182 e. The monoisotopic (exact) mass is 239 g/mol. The van der Waals surface area contributed by atoms with Crippen LogP contribution >= 0.6 is 0 Å². The summed E-state index contributed by atoms with van der Waals surface area (Å²) in [7, 11) is -0.756. The van der Waals surface area contributed by atoms with Gasteiger partial charge in [-0.25, -0.2) is 15.0 Å². The van der Waals surface area contributed by atoms with Crippen molar-refractivity contribution in [2.24, 2.45) is 0 Å². The normalized spacial score (nSPS) is 12.8. The van der Waals surface area contributed by atoms with Gasteiger partial charge in [0.2, 0.25) is 0 Å². The first-order valence-electron chi connectivity index (χ1n) is 5.04. The van der Waals surface area contributed by atoms with Crippen molar-refractivity contribution in [3.05, 3.63) is 12.7 Å². The van der Waals surface area contributed by atoms with Crippen LogP contribution in [0.25, 0.3) is 11.2 Å². The lowest BCUT2D eigenvalue weighted by Crippen LogP contribution is -2.13. The van der Waals surface area contributed by atoms with Crippen LogP contribution in [0.2, 0.25) is 0 Å². The molecule has 0 bridgehead atoms. The number of hydrogen-bond donors (Lipinski definition) is 2. The second-order valence-electron chi connectivity index (χ2n) is 3.18. The van der Waals surface area contributed by atoms with E-state index < -0.39 is 10.8 Å². The number of hydrogen-bond acceptors (Lipinski definition) is 5. The van der Waals surface area contributed by atoms with Gasteiger partial charge < -0.3 is 10.3 Å². The van der Waals surface area contributed by atoms with E-state index in [1.807, 2.05) is 6.92 Å². The van der Waals surface area contributed by atoms with Gasteiger partial charge in [-0.15, -0.1) is 0 Å². The van der Waals surface area contributed by atoms with Gasteiger partial charge in [0.25, 0.3) is 0 Å². The van der Waals surface area contributed by atoms with Crippen LogP contribution in [0.5, 0.6) is 0 Å². The minimum Gasteiger partial charge on any atom is -0.367 e. The van der Waals surface area contributed by atoms with Gasteiger partial charge in [0.1, 0.15) is 11.8 Å². The number of imidazole rings is 1. The Bertz CT molecular complexity index is 497. The van der Waals surface area contributed by atoms with E-state index in [0.717, 1.165) is 5.52 Å². The Morgan fingerprint density at radius 3 is 3.12 bits per heavy atom. The van der Waals surface area contributed by atoms with Crippen molar-refractivity contribution < 1.29 is 4.21 Å². The minimum atomic E-state index is -0.756. The Balaban J connectivity index is 2.04. The Hall–Kier alpha value is -1.50. The van der Waals surface area contributed by atoms with Crippen LogP contribution in [0.15, 0.2) is 12.7 Å². The summed E-state index contributed by atoms with van der Waals surface area (Å²) in [6.07, 6.45) is 3.04. The van der Waals surface area contributed by atoms with Crippen LogP contribution in [0.3, 0.4) is 0 Å². The molecular weight excluding hydrogens is 226 g/mol. The molecule has 0 radical (unpaired) electrons. The molecule has 0 fully saturated rings. The number of aromatic nitrogens is 4. The largest absolute Gasteiger partial charge is 0.367 e. The van der Waals surface area contributed by atoms with Gasteiger partial charge in [0.05, 0.1) is 6.33 Å². The van der Waals surface area contributed by atoms with Crippen molar-refractivity contribution in [3.63, 3.8) is 0 Å². The molecule has 0 aliphatic rings. The fourth-order valence-corrected chi connectivity index (χ4v) is 1.95. The topological polar surface area (TPSA) is 83.6 Å². The Morgan fingerprint density at radius 2 is 2.31 bits per heavy atom. The Labute approximate surface area is 95.4 Å². The van der Waals surface area contributed by atoms with E-state index in [4.69, 9.17) is 0 Å². The number of fused-ring (bicyclic) bond motifs is 1. The van der Waals surface area contributed by atoms with Crippen LogP contribution in [0.1, 0.15) is 6.92 Å². The van der Waals surface area contributed by atoms with Gasteiger partial charge in [0, 0.05) is 28.9 Å². The molecule has 0 saturated heterocycles. The van der Waals surface area contributed by atoms with E-state index in [9.17, 15) is 4.21 Å². The number of nitrogens with one attached hydrogen (secondary N) is 2. The highest BCUT2D eigenvalue weighted by atomic mass is 32.2. The second kappa shape index (κ2) is 5.02. The van der Waals surface area contributed by atoms with Gasteiger partial charge in [0.15, 0.2) is 11.5 Å². The first kappa shape index (κ1) is 11.0. The third-order valence-corrected chi connectivity index (χ3v) is 3.47. The van der Waals surface area contributed by atoms with Gasteiger partial charge in [-0.3, -0.25) is 4.21 Å².